The molecule has 3 rings (SSSR count). The van der Waals surface area contributed by atoms with Crippen molar-refractivity contribution in [1.82, 2.24) is 10.2 Å². The molecule has 0 aliphatic carbocycles. The van der Waals surface area contributed by atoms with Gasteiger partial charge in [0.25, 0.3) is 0 Å². The largest absolute Gasteiger partial charge is 0.444 e. The van der Waals surface area contributed by atoms with Crippen LogP contribution in [0.15, 0.2) is 60.7 Å². The first-order valence-electron chi connectivity index (χ1n) is 9.23. The van der Waals surface area contributed by atoms with Crippen LogP contribution in [0.5, 0.6) is 0 Å². The van der Waals surface area contributed by atoms with Crippen LogP contribution >= 0.6 is 0 Å². The number of nitrogens with one attached hydrogen (secondary N) is 1. The summed E-state index contributed by atoms with van der Waals surface area (Å²) in [5, 5.41) is 3.46. The van der Waals surface area contributed by atoms with Gasteiger partial charge in [-0.15, -0.1) is 0 Å². The van der Waals surface area contributed by atoms with Gasteiger partial charge in [-0.3, -0.25) is 4.90 Å². The maximum absolute atomic E-state index is 13.0. The number of carbonyl (C=O) groups is 1. The summed E-state index contributed by atoms with van der Waals surface area (Å²) in [6.45, 7) is 7.91. The van der Waals surface area contributed by atoms with Crippen LogP contribution in [0, 0.1) is 0 Å². The molecular formula is C22H28N2O2. The second-order valence-corrected chi connectivity index (χ2v) is 7.84. The van der Waals surface area contributed by atoms with Crippen LogP contribution in [-0.2, 0) is 11.3 Å². The predicted octanol–water partition coefficient (Wildman–Crippen LogP) is 4.18. The van der Waals surface area contributed by atoms with Crippen LogP contribution in [0.4, 0.5) is 4.79 Å². The van der Waals surface area contributed by atoms with Crippen molar-refractivity contribution < 1.29 is 9.53 Å². The molecule has 1 heterocycles. The molecule has 1 N–H and O–H groups in total. The number of hydrogen-bond donors (Lipinski definition) is 1. The molecule has 4 nitrogen and oxygen atoms in total. The number of ether oxygens (including phenoxy) is 1. The topological polar surface area (TPSA) is 41.6 Å². The number of benzene rings is 2. The van der Waals surface area contributed by atoms with E-state index in [9.17, 15) is 4.79 Å². The standard InChI is InChI=1S/C22H28N2O2/c1-22(2,3)26-21(25)24(16-17-10-6-4-7-11-17)20-15-23-14-19(20)18-12-8-5-9-13-18/h4-13,19-20,23H,14-16H2,1-3H3/t19-,20-/m1/s1. The van der Waals surface area contributed by atoms with Crippen LogP contribution in [0.1, 0.15) is 37.8 Å². The fourth-order valence-corrected chi connectivity index (χ4v) is 3.45. The normalized spacial score (nSPS) is 20.0. The van der Waals surface area contributed by atoms with Crippen molar-refractivity contribution in [2.24, 2.45) is 0 Å². The third kappa shape index (κ3) is 4.64. The fourth-order valence-electron chi connectivity index (χ4n) is 3.45. The maximum Gasteiger partial charge on any atom is 0.410 e. The number of hydrogen-bond acceptors (Lipinski definition) is 3. The van der Waals surface area contributed by atoms with Gasteiger partial charge in [0.2, 0.25) is 0 Å². The zero-order chi connectivity index (χ0) is 18.6. The van der Waals surface area contributed by atoms with E-state index in [0.717, 1.165) is 18.7 Å². The lowest BCUT2D eigenvalue weighted by Gasteiger charge is -2.34. The van der Waals surface area contributed by atoms with E-state index in [1.165, 1.54) is 5.56 Å². The Morgan fingerprint density at radius 3 is 2.27 bits per heavy atom. The zero-order valence-electron chi connectivity index (χ0n) is 15.8. The summed E-state index contributed by atoms with van der Waals surface area (Å²) in [5.74, 6) is 0.257. The third-order valence-corrected chi connectivity index (χ3v) is 4.63. The number of carbonyl (C=O) groups excluding carboxylic acids is 1. The molecule has 0 aromatic heterocycles. The van der Waals surface area contributed by atoms with Gasteiger partial charge in [-0.25, -0.2) is 4.79 Å². The summed E-state index contributed by atoms with van der Waals surface area (Å²) >= 11 is 0. The minimum absolute atomic E-state index is 0.0625. The molecule has 2 atom stereocenters. The molecule has 2 aromatic rings. The van der Waals surface area contributed by atoms with E-state index in [4.69, 9.17) is 4.74 Å². The van der Waals surface area contributed by atoms with Gasteiger partial charge in [0.1, 0.15) is 5.60 Å². The van der Waals surface area contributed by atoms with Gasteiger partial charge in [0.05, 0.1) is 6.04 Å². The maximum atomic E-state index is 13.0. The summed E-state index contributed by atoms with van der Waals surface area (Å²) in [5.41, 5.74) is 1.85. The lowest BCUT2D eigenvalue weighted by Crippen LogP contribution is -2.46. The van der Waals surface area contributed by atoms with E-state index in [1.807, 2.05) is 49.9 Å². The van der Waals surface area contributed by atoms with Gasteiger partial charge >= 0.3 is 6.09 Å². The van der Waals surface area contributed by atoms with Crippen molar-refractivity contribution in [2.45, 2.75) is 44.9 Å². The lowest BCUT2D eigenvalue weighted by atomic mass is 9.93. The van der Waals surface area contributed by atoms with Crippen molar-refractivity contribution in [3.63, 3.8) is 0 Å². The van der Waals surface area contributed by atoms with Crippen LogP contribution in [0.3, 0.4) is 0 Å². The highest BCUT2D eigenvalue weighted by atomic mass is 16.6. The Bertz CT molecular complexity index is 710. The Balaban J connectivity index is 1.87. The van der Waals surface area contributed by atoms with Crippen LogP contribution in [0.2, 0.25) is 0 Å². The first-order valence-corrected chi connectivity index (χ1v) is 9.23. The highest BCUT2D eigenvalue weighted by Gasteiger charge is 2.37. The van der Waals surface area contributed by atoms with Gasteiger partial charge in [0, 0.05) is 25.6 Å². The average Bonchev–Trinajstić information content (AvgIpc) is 3.09. The van der Waals surface area contributed by atoms with Crippen LogP contribution in [0.25, 0.3) is 0 Å². The first-order chi connectivity index (χ1) is 12.4. The predicted molar refractivity (Wildman–Crippen MR) is 104 cm³/mol. The van der Waals surface area contributed by atoms with E-state index in [2.05, 4.69) is 41.7 Å². The zero-order valence-corrected chi connectivity index (χ0v) is 15.8. The number of rotatable bonds is 4. The molecule has 0 spiro atoms. The Morgan fingerprint density at radius 1 is 1.04 bits per heavy atom. The monoisotopic (exact) mass is 352 g/mol. The molecule has 4 heteroatoms. The second-order valence-electron chi connectivity index (χ2n) is 7.84. The van der Waals surface area contributed by atoms with E-state index in [-0.39, 0.29) is 18.1 Å². The molecule has 1 saturated heterocycles. The minimum Gasteiger partial charge on any atom is -0.444 e. The fraction of sp³-hybridized carbons (Fsp3) is 0.409. The smallest absolute Gasteiger partial charge is 0.410 e. The average molecular weight is 352 g/mol. The second kappa shape index (κ2) is 7.92. The van der Waals surface area contributed by atoms with Gasteiger partial charge in [-0.05, 0) is 31.9 Å². The summed E-state index contributed by atoms with van der Waals surface area (Å²) in [6, 6.07) is 20.6. The first kappa shape index (κ1) is 18.5. The molecule has 0 bridgehead atoms. The Kier molecular flexibility index (Phi) is 5.62. The molecular weight excluding hydrogens is 324 g/mol. The summed E-state index contributed by atoms with van der Waals surface area (Å²) in [6.07, 6.45) is -0.254. The molecule has 0 saturated carbocycles. The Labute approximate surface area is 156 Å². The van der Waals surface area contributed by atoms with Gasteiger partial charge in [-0.2, -0.15) is 0 Å². The molecule has 138 valence electrons. The molecule has 1 amide bonds. The highest BCUT2D eigenvalue weighted by molar-refractivity contribution is 5.69. The molecule has 26 heavy (non-hydrogen) atoms. The van der Waals surface area contributed by atoms with Gasteiger partial charge in [-0.1, -0.05) is 60.7 Å². The van der Waals surface area contributed by atoms with Gasteiger partial charge < -0.3 is 10.1 Å². The molecule has 0 unspecified atom stereocenters. The molecule has 1 fully saturated rings. The van der Waals surface area contributed by atoms with E-state index < -0.39 is 5.60 Å². The molecule has 1 aliphatic heterocycles. The molecule has 0 radical (unpaired) electrons. The number of nitrogens with zero attached hydrogens (tertiary/aromatic N) is 1. The molecule has 2 aromatic carbocycles. The van der Waals surface area contributed by atoms with E-state index >= 15 is 0 Å². The van der Waals surface area contributed by atoms with Crippen LogP contribution in [-0.4, -0.2) is 35.7 Å². The van der Waals surface area contributed by atoms with Crippen molar-refractivity contribution in [1.29, 1.82) is 0 Å². The number of amides is 1. The Morgan fingerprint density at radius 2 is 1.65 bits per heavy atom. The van der Waals surface area contributed by atoms with Crippen molar-refractivity contribution in [3.8, 4) is 0 Å². The third-order valence-electron chi connectivity index (χ3n) is 4.63. The summed E-state index contributed by atoms with van der Waals surface area (Å²) in [4.78, 5) is 14.9. The SMILES string of the molecule is CC(C)(C)OC(=O)N(Cc1ccccc1)[C@@H]1CNC[C@@H]1c1ccccc1. The van der Waals surface area contributed by atoms with Gasteiger partial charge in [0.15, 0.2) is 0 Å². The lowest BCUT2D eigenvalue weighted by molar-refractivity contribution is 0.0141. The van der Waals surface area contributed by atoms with E-state index in [0.29, 0.717) is 6.54 Å². The highest BCUT2D eigenvalue weighted by Crippen LogP contribution is 2.29. The van der Waals surface area contributed by atoms with Crippen LogP contribution < -0.4 is 5.32 Å². The van der Waals surface area contributed by atoms with Crippen molar-refractivity contribution in [2.75, 3.05) is 13.1 Å². The molecule has 1 aliphatic rings. The van der Waals surface area contributed by atoms with E-state index in [1.54, 1.807) is 0 Å². The van der Waals surface area contributed by atoms with Crippen molar-refractivity contribution >= 4 is 6.09 Å². The summed E-state index contributed by atoms with van der Waals surface area (Å²) < 4.78 is 5.73. The summed E-state index contributed by atoms with van der Waals surface area (Å²) in [7, 11) is 0. The minimum atomic E-state index is -0.514. The Hall–Kier alpha value is -2.33. The quantitative estimate of drug-likeness (QED) is 0.897. The van der Waals surface area contributed by atoms with Crippen molar-refractivity contribution in [3.05, 3.63) is 71.8 Å².